The van der Waals surface area contributed by atoms with Gasteiger partial charge in [0, 0.05) is 38.8 Å². The first kappa shape index (κ1) is 22.0. The predicted octanol–water partition coefficient (Wildman–Crippen LogP) is 1.30. The molecule has 0 aromatic heterocycles. The molecule has 3 amide bonds. The quantitative estimate of drug-likeness (QED) is 0.246. The summed E-state index contributed by atoms with van der Waals surface area (Å²) < 4.78 is 0. The van der Waals surface area contributed by atoms with Gasteiger partial charge in [0.1, 0.15) is 0 Å². The Morgan fingerprint density at radius 1 is 1.06 bits per heavy atom. The number of rotatable bonds is 8. The van der Waals surface area contributed by atoms with Crippen molar-refractivity contribution in [2.45, 2.75) is 26.3 Å². The lowest BCUT2D eigenvalue weighted by Crippen LogP contribution is -2.43. The van der Waals surface area contributed by atoms with Crippen LogP contribution in [0.2, 0.25) is 0 Å². The number of hydrogen-bond donors (Lipinski definition) is 3. The molecule has 3 N–H and O–H groups in total. The van der Waals surface area contributed by atoms with E-state index in [1.54, 1.807) is 13.1 Å². The van der Waals surface area contributed by atoms with E-state index in [0.717, 1.165) is 18.4 Å². The molecule has 4 unspecified atom stereocenters. The minimum atomic E-state index is -0.156. The van der Waals surface area contributed by atoms with Crippen LogP contribution in [0, 0.1) is 23.7 Å². The van der Waals surface area contributed by atoms with Crippen molar-refractivity contribution in [1.29, 1.82) is 0 Å². The van der Waals surface area contributed by atoms with Gasteiger partial charge < -0.3 is 16.0 Å². The molecule has 170 valence electrons. The van der Waals surface area contributed by atoms with Crippen molar-refractivity contribution in [2.24, 2.45) is 28.7 Å². The van der Waals surface area contributed by atoms with Crippen molar-refractivity contribution < 1.29 is 14.4 Å². The van der Waals surface area contributed by atoms with Crippen LogP contribution in [0.25, 0.3) is 0 Å². The molecule has 1 aromatic rings. The van der Waals surface area contributed by atoms with Crippen LogP contribution < -0.4 is 16.0 Å². The number of likely N-dealkylation sites (tertiary alicyclic amines) is 1. The van der Waals surface area contributed by atoms with Crippen LogP contribution in [0.4, 0.5) is 0 Å². The molecule has 0 spiro atoms. The molecular weight excluding hydrogens is 406 g/mol. The highest BCUT2D eigenvalue weighted by molar-refractivity contribution is 6.06. The number of carbonyl (C=O) groups excluding carboxylic acids is 3. The third-order valence-corrected chi connectivity index (χ3v) is 6.60. The number of guanidine groups is 1. The van der Waals surface area contributed by atoms with E-state index < -0.39 is 0 Å². The van der Waals surface area contributed by atoms with E-state index in [1.807, 2.05) is 25.1 Å². The molecule has 4 rings (SSSR count). The summed E-state index contributed by atoms with van der Waals surface area (Å²) in [5.41, 5.74) is 1.58. The molecule has 4 atom stereocenters. The fraction of sp³-hybridized carbons (Fsp3) is 0.500. The number of carbonyl (C=O) groups is 3. The van der Waals surface area contributed by atoms with E-state index in [-0.39, 0.29) is 41.4 Å². The Kier molecular flexibility index (Phi) is 6.58. The number of benzene rings is 1. The van der Waals surface area contributed by atoms with Gasteiger partial charge in [-0.1, -0.05) is 31.2 Å². The maximum absolute atomic E-state index is 12.8. The average Bonchev–Trinajstić information content (AvgIpc) is 3.49. The normalized spacial score (nSPS) is 25.9. The average molecular weight is 438 g/mol. The van der Waals surface area contributed by atoms with Crippen LogP contribution in [0.15, 0.2) is 41.4 Å². The van der Waals surface area contributed by atoms with Gasteiger partial charge >= 0.3 is 0 Å². The van der Waals surface area contributed by atoms with Crippen LogP contribution in [0.3, 0.4) is 0 Å². The number of hydrogen-bond acceptors (Lipinski definition) is 4. The summed E-state index contributed by atoms with van der Waals surface area (Å²) in [5.74, 6) is 0.590. The van der Waals surface area contributed by atoms with Crippen molar-refractivity contribution in [2.75, 3.05) is 26.7 Å². The van der Waals surface area contributed by atoms with Crippen LogP contribution in [-0.4, -0.2) is 55.3 Å². The molecular formula is C24H31N5O3. The highest BCUT2D eigenvalue weighted by Gasteiger charge is 2.58. The predicted molar refractivity (Wildman–Crippen MR) is 122 cm³/mol. The summed E-state index contributed by atoms with van der Waals surface area (Å²) in [7, 11) is 1.67. The molecule has 2 aliphatic carbocycles. The molecule has 1 saturated carbocycles. The molecule has 8 heteroatoms. The lowest BCUT2D eigenvalue weighted by molar-refractivity contribution is -0.140. The van der Waals surface area contributed by atoms with E-state index in [4.69, 9.17) is 0 Å². The number of amides is 3. The lowest BCUT2D eigenvalue weighted by atomic mass is 9.85. The van der Waals surface area contributed by atoms with Crippen molar-refractivity contribution in [3.8, 4) is 0 Å². The summed E-state index contributed by atoms with van der Waals surface area (Å²) in [6, 6.07) is 7.45. The summed E-state index contributed by atoms with van der Waals surface area (Å²) in [5, 5.41) is 9.27. The fourth-order valence-corrected chi connectivity index (χ4v) is 5.04. The number of fused-ring (bicyclic) bond motifs is 5. The van der Waals surface area contributed by atoms with Crippen LogP contribution in [0.1, 0.15) is 35.7 Å². The van der Waals surface area contributed by atoms with Crippen molar-refractivity contribution in [3.63, 3.8) is 0 Å². The van der Waals surface area contributed by atoms with Gasteiger partial charge in [-0.15, -0.1) is 0 Å². The molecule has 8 nitrogen and oxygen atoms in total. The lowest BCUT2D eigenvalue weighted by Gasteiger charge is -2.18. The Morgan fingerprint density at radius 2 is 1.78 bits per heavy atom. The van der Waals surface area contributed by atoms with Crippen molar-refractivity contribution >= 4 is 23.7 Å². The van der Waals surface area contributed by atoms with Crippen molar-refractivity contribution in [3.05, 3.63) is 47.5 Å². The number of nitrogens with one attached hydrogen (secondary N) is 3. The summed E-state index contributed by atoms with van der Waals surface area (Å²) >= 11 is 0. The maximum atomic E-state index is 12.8. The Bertz CT molecular complexity index is 927. The van der Waals surface area contributed by atoms with Crippen LogP contribution in [-0.2, 0) is 16.1 Å². The maximum Gasteiger partial charge on any atom is 0.251 e. The topological polar surface area (TPSA) is 103 Å². The zero-order chi connectivity index (χ0) is 22.7. The summed E-state index contributed by atoms with van der Waals surface area (Å²) in [6.45, 7) is 3.92. The highest BCUT2D eigenvalue weighted by atomic mass is 16.2. The molecule has 2 fully saturated rings. The third-order valence-electron chi connectivity index (χ3n) is 6.60. The number of aliphatic imine (C=N–C) groups is 1. The zero-order valence-electron chi connectivity index (χ0n) is 18.6. The van der Waals surface area contributed by atoms with Gasteiger partial charge in [0.2, 0.25) is 11.8 Å². The van der Waals surface area contributed by atoms with Crippen LogP contribution >= 0.6 is 0 Å². The Morgan fingerprint density at radius 3 is 2.44 bits per heavy atom. The highest BCUT2D eigenvalue weighted by Crippen LogP contribution is 2.52. The summed E-state index contributed by atoms with van der Waals surface area (Å²) in [6.07, 6.45) is 6.04. The Labute approximate surface area is 188 Å². The fourth-order valence-electron chi connectivity index (χ4n) is 5.04. The van der Waals surface area contributed by atoms with Gasteiger partial charge in [-0.05, 0) is 42.4 Å². The smallest absolute Gasteiger partial charge is 0.251 e. The largest absolute Gasteiger partial charge is 0.355 e. The second-order valence-corrected chi connectivity index (χ2v) is 8.64. The first-order valence-electron chi connectivity index (χ1n) is 11.4. The van der Waals surface area contributed by atoms with Gasteiger partial charge in [0.15, 0.2) is 5.96 Å². The number of nitrogens with zero attached hydrogens (tertiary/aromatic N) is 2. The molecule has 1 saturated heterocycles. The Balaban J connectivity index is 1.25. The Hall–Kier alpha value is -3.16. The number of imide groups is 1. The minimum Gasteiger partial charge on any atom is -0.355 e. The minimum absolute atomic E-state index is 0.0280. The van der Waals surface area contributed by atoms with Gasteiger partial charge in [0.05, 0.1) is 11.8 Å². The van der Waals surface area contributed by atoms with Crippen LogP contribution in [0.5, 0.6) is 0 Å². The van der Waals surface area contributed by atoms with E-state index in [0.29, 0.717) is 37.7 Å². The second kappa shape index (κ2) is 9.54. The molecule has 32 heavy (non-hydrogen) atoms. The molecule has 2 bridgehead atoms. The molecule has 1 aromatic carbocycles. The monoisotopic (exact) mass is 437 g/mol. The van der Waals surface area contributed by atoms with Gasteiger partial charge in [-0.2, -0.15) is 0 Å². The standard InChI is InChI=1S/C24H31N5O3/c1-3-9-26-21(30)18-6-4-5-15(12-18)14-28-24(25-2)27-10-11-29-22(31)19-16-7-8-17(13-16)20(19)23(29)32/h4-8,12,16-17,19-20H,3,9-11,13-14H2,1-2H3,(H,26,30)(H2,25,27,28). The summed E-state index contributed by atoms with van der Waals surface area (Å²) in [4.78, 5) is 43.3. The van der Waals surface area contributed by atoms with E-state index in [9.17, 15) is 14.4 Å². The van der Waals surface area contributed by atoms with E-state index in [2.05, 4.69) is 33.1 Å². The van der Waals surface area contributed by atoms with E-state index >= 15 is 0 Å². The third kappa shape index (κ3) is 4.26. The van der Waals surface area contributed by atoms with E-state index in [1.165, 1.54) is 4.90 Å². The molecule has 3 aliphatic rings. The second-order valence-electron chi connectivity index (χ2n) is 8.64. The van der Waals surface area contributed by atoms with Crippen molar-refractivity contribution in [1.82, 2.24) is 20.9 Å². The van der Waals surface area contributed by atoms with Gasteiger partial charge in [0.25, 0.3) is 5.91 Å². The molecule has 1 aliphatic heterocycles. The SMILES string of the molecule is CCCNC(=O)c1cccc(CNC(=NC)NCCN2C(=O)C3C4C=CC(C4)C3C2=O)c1. The van der Waals surface area contributed by atoms with Gasteiger partial charge in [-0.3, -0.25) is 24.3 Å². The molecule has 1 heterocycles. The first-order chi connectivity index (χ1) is 15.5. The molecule has 0 radical (unpaired) electrons. The van der Waals surface area contributed by atoms with Gasteiger partial charge in [-0.25, -0.2) is 0 Å². The number of allylic oxidation sites excluding steroid dienone is 2. The first-order valence-corrected chi connectivity index (χ1v) is 11.4. The zero-order valence-corrected chi connectivity index (χ0v) is 18.6.